The Balaban J connectivity index is 2.24. The molecule has 1 aromatic carbocycles. The van der Waals surface area contributed by atoms with Crippen LogP contribution in [-0.2, 0) is 0 Å². The minimum absolute atomic E-state index is 0.410. The quantitative estimate of drug-likeness (QED) is 0.712. The first-order chi connectivity index (χ1) is 11.8. The molecular formula is C20H35N3O. The molecule has 0 saturated carbocycles. The van der Waals surface area contributed by atoms with Crippen molar-refractivity contribution in [2.45, 2.75) is 39.7 Å². The van der Waals surface area contributed by atoms with Gasteiger partial charge in [0.05, 0.1) is 12.6 Å². The summed E-state index contributed by atoms with van der Waals surface area (Å²) in [6, 6.07) is 9.02. The molecule has 2 rings (SSSR count). The van der Waals surface area contributed by atoms with Crippen LogP contribution < -0.4 is 10.1 Å². The zero-order valence-corrected chi connectivity index (χ0v) is 15.8. The molecule has 1 fully saturated rings. The van der Waals surface area contributed by atoms with Crippen LogP contribution in [0.5, 0.6) is 5.75 Å². The summed E-state index contributed by atoms with van der Waals surface area (Å²) in [5, 5.41) is 3.48. The molecule has 1 aliphatic heterocycles. The number of nitrogens with zero attached hydrogens (tertiary/aromatic N) is 2. The minimum Gasteiger partial charge on any atom is -0.494 e. The molecule has 1 aliphatic rings. The molecule has 1 aromatic rings. The molecule has 1 N–H and O–H groups in total. The fraction of sp³-hybridized carbons (Fsp3) is 0.700. The monoisotopic (exact) mass is 333 g/mol. The predicted octanol–water partition coefficient (Wildman–Crippen LogP) is 3.15. The van der Waals surface area contributed by atoms with Crippen LogP contribution in [0.1, 0.15) is 45.2 Å². The van der Waals surface area contributed by atoms with Crippen molar-refractivity contribution in [2.24, 2.45) is 0 Å². The van der Waals surface area contributed by atoms with Crippen LogP contribution in [0, 0.1) is 0 Å². The van der Waals surface area contributed by atoms with E-state index in [0.717, 1.165) is 45.1 Å². The molecule has 24 heavy (non-hydrogen) atoms. The second-order valence-electron chi connectivity index (χ2n) is 6.57. The number of benzene rings is 1. The van der Waals surface area contributed by atoms with Gasteiger partial charge in [0.15, 0.2) is 0 Å². The highest BCUT2D eigenvalue weighted by Crippen LogP contribution is 2.30. The molecule has 0 radical (unpaired) electrons. The summed E-state index contributed by atoms with van der Waals surface area (Å²) in [6.07, 6.45) is 2.42. The Labute approximate surface area is 148 Å². The Hall–Kier alpha value is -1.10. The van der Waals surface area contributed by atoms with E-state index in [1.165, 1.54) is 31.5 Å². The van der Waals surface area contributed by atoms with Crippen LogP contribution in [0.25, 0.3) is 0 Å². The van der Waals surface area contributed by atoms with E-state index < -0.39 is 0 Å². The SMILES string of the molecule is CCCN(CCC)CC(c1ccccc1OCC)N1CCNCC1. The van der Waals surface area contributed by atoms with Crippen LogP contribution in [0.15, 0.2) is 24.3 Å². The summed E-state index contributed by atoms with van der Waals surface area (Å²) >= 11 is 0. The molecule has 4 heteroatoms. The smallest absolute Gasteiger partial charge is 0.124 e. The van der Waals surface area contributed by atoms with Gasteiger partial charge in [-0.05, 0) is 38.9 Å². The summed E-state index contributed by atoms with van der Waals surface area (Å²) in [4.78, 5) is 5.25. The molecule has 1 atom stereocenters. The summed E-state index contributed by atoms with van der Waals surface area (Å²) in [5.74, 6) is 1.05. The Kier molecular flexibility index (Phi) is 8.57. The number of ether oxygens (including phenoxy) is 1. The molecule has 0 spiro atoms. The number of hydrogen-bond acceptors (Lipinski definition) is 4. The van der Waals surface area contributed by atoms with Crippen molar-refractivity contribution < 1.29 is 4.74 Å². The average molecular weight is 334 g/mol. The van der Waals surface area contributed by atoms with Crippen molar-refractivity contribution >= 4 is 0 Å². The van der Waals surface area contributed by atoms with E-state index in [1.807, 2.05) is 0 Å². The number of para-hydroxylation sites is 1. The third kappa shape index (κ3) is 5.47. The highest BCUT2D eigenvalue weighted by Gasteiger charge is 2.26. The fourth-order valence-corrected chi connectivity index (χ4v) is 3.62. The summed E-state index contributed by atoms with van der Waals surface area (Å²) in [7, 11) is 0. The van der Waals surface area contributed by atoms with Gasteiger partial charge in [-0.3, -0.25) is 4.90 Å². The first-order valence-corrected chi connectivity index (χ1v) is 9.68. The highest BCUT2D eigenvalue weighted by atomic mass is 16.5. The van der Waals surface area contributed by atoms with Crippen LogP contribution in [0.2, 0.25) is 0 Å². The van der Waals surface area contributed by atoms with Gasteiger partial charge < -0.3 is 15.0 Å². The van der Waals surface area contributed by atoms with Gasteiger partial charge in [-0.1, -0.05) is 32.0 Å². The molecule has 0 aliphatic carbocycles. The van der Waals surface area contributed by atoms with Crippen molar-refractivity contribution in [3.8, 4) is 5.75 Å². The van der Waals surface area contributed by atoms with E-state index in [1.54, 1.807) is 0 Å². The summed E-state index contributed by atoms with van der Waals surface area (Å²) in [6.45, 7) is 15.1. The Morgan fingerprint density at radius 1 is 1.08 bits per heavy atom. The number of piperazine rings is 1. The Morgan fingerprint density at radius 2 is 1.75 bits per heavy atom. The maximum absolute atomic E-state index is 5.95. The Bertz CT molecular complexity index is 454. The van der Waals surface area contributed by atoms with E-state index in [9.17, 15) is 0 Å². The molecule has 0 aromatic heterocycles. The zero-order chi connectivity index (χ0) is 17.2. The van der Waals surface area contributed by atoms with E-state index in [0.29, 0.717) is 6.04 Å². The van der Waals surface area contributed by atoms with Crippen molar-refractivity contribution in [3.63, 3.8) is 0 Å². The largest absolute Gasteiger partial charge is 0.494 e. The van der Waals surface area contributed by atoms with Crippen LogP contribution in [0.3, 0.4) is 0 Å². The van der Waals surface area contributed by atoms with Crippen molar-refractivity contribution in [1.29, 1.82) is 0 Å². The summed E-state index contributed by atoms with van der Waals surface area (Å²) < 4.78 is 5.95. The lowest BCUT2D eigenvalue weighted by Gasteiger charge is -2.38. The lowest BCUT2D eigenvalue weighted by Crippen LogP contribution is -2.48. The number of hydrogen-bond donors (Lipinski definition) is 1. The van der Waals surface area contributed by atoms with Crippen molar-refractivity contribution in [2.75, 3.05) is 52.4 Å². The third-order valence-electron chi connectivity index (χ3n) is 4.68. The fourth-order valence-electron chi connectivity index (χ4n) is 3.62. The first kappa shape index (κ1) is 19.2. The van der Waals surface area contributed by atoms with Crippen LogP contribution in [-0.4, -0.2) is 62.2 Å². The van der Waals surface area contributed by atoms with Gasteiger partial charge in [-0.2, -0.15) is 0 Å². The van der Waals surface area contributed by atoms with Crippen molar-refractivity contribution in [3.05, 3.63) is 29.8 Å². The molecule has 0 bridgehead atoms. The predicted molar refractivity (Wildman–Crippen MR) is 102 cm³/mol. The van der Waals surface area contributed by atoms with Gasteiger partial charge in [0.25, 0.3) is 0 Å². The molecular weight excluding hydrogens is 298 g/mol. The van der Waals surface area contributed by atoms with Gasteiger partial charge >= 0.3 is 0 Å². The van der Waals surface area contributed by atoms with Gasteiger partial charge in [0, 0.05) is 38.3 Å². The van der Waals surface area contributed by atoms with E-state index >= 15 is 0 Å². The van der Waals surface area contributed by atoms with Gasteiger partial charge in [0.2, 0.25) is 0 Å². The molecule has 0 amide bonds. The number of nitrogens with one attached hydrogen (secondary N) is 1. The molecule has 1 saturated heterocycles. The minimum atomic E-state index is 0.410. The topological polar surface area (TPSA) is 27.7 Å². The lowest BCUT2D eigenvalue weighted by molar-refractivity contribution is 0.121. The molecule has 136 valence electrons. The van der Waals surface area contributed by atoms with E-state index in [4.69, 9.17) is 4.74 Å². The maximum atomic E-state index is 5.95. The van der Waals surface area contributed by atoms with Crippen molar-refractivity contribution in [1.82, 2.24) is 15.1 Å². The standard InChI is InChI=1S/C20H35N3O/c1-4-13-22(14-5-2)17-19(23-15-11-21-12-16-23)18-9-7-8-10-20(18)24-6-3/h7-10,19,21H,4-6,11-17H2,1-3H3. The van der Waals surface area contributed by atoms with E-state index in [2.05, 4.69) is 60.2 Å². The highest BCUT2D eigenvalue weighted by molar-refractivity contribution is 5.36. The average Bonchev–Trinajstić information content (AvgIpc) is 2.62. The van der Waals surface area contributed by atoms with Crippen LogP contribution in [0.4, 0.5) is 0 Å². The second-order valence-corrected chi connectivity index (χ2v) is 6.57. The van der Waals surface area contributed by atoms with E-state index in [-0.39, 0.29) is 0 Å². The maximum Gasteiger partial charge on any atom is 0.124 e. The first-order valence-electron chi connectivity index (χ1n) is 9.68. The van der Waals surface area contributed by atoms with Gasteiger partial charge in [0.1, 0.15) is 5.75 Å². The molecule has 1 heterocycles. The third-order valence-corrected chi connectivity index (χ3v) is 4.68. The molecule has 1 unspecified atom stereocenters. The lowest BCUT2D eigenvalue weighted by atomic mass is 10.0. The Morgan fingerprint density at radius 3 is 2.38 bits per heavy atom. The summed E-state index contributed by atoms with van der Waals surface area (Å²) in [5.41, 5.74) is 1.35. The second kappa shape index (κ2) is 10.7. The van der Waals surface area contributed by atoms with Crippen LogP contribution >= 0.6 is 0 Å². The van der Waals surface area contributed by atoms with Gasteiger partial charge in [-0.25, -0.2) is 0 Å². The normalized spacial score (nSPS) is 17.2. The number of rotatable bonds is 10. The van der Waals surface area contributed by atoms with Gasteiger partial charge in [-0.15, -0.1) is 0 Å². The molecule has 4 nitrogen and oxygen atoms in total. The zero-order valence-electron chi connectivity index (χ0n) is 15.8.